The normalized spacial score (nSPS) is 18.3. The van der Waals surface area contributed by atoms with Gasteiger partial charge in [0.05, 0.1) is 4.47 Å². The first-order chi connectivity index (χ1) is 6.60. The Morgan fingerprint density at radius 2 is 2.14 bits per heavy atom. The summed E-state index contributed by atoms with van der Waals surface area (Å²) < 4.78 is 14.2. The van der Waals surface area contributed by atoms with Gasteiger partial charge in [0.2, 0.25) is 0 Å². The van der Waals surface area contributed by atoms with Gasteiger partial charge in [0.25, 0.3) is 0 Å². The number of aryl methyl sites for hydroxylation is 1. The van der Waals surface area contributed by atoms with Crippen molar-refractivity contribution in [3.05, 3.63) is 33.5 Å². The van der Waals surface area contributed by atoms with Crippen LogP contribution >= 0.6 is 15.9 Å². The quantitative estimate of drug-likeness (QED) is 0.867. The van der Waals surface area contributed by atoms with Gasteiger partial charge in [-0.05, 0) is 46.8 Å². The number of nitrogens with two attached hydrogens (primary N) is 1. The molecule has 1 aliphatic rings. The SMILES string of the molecule is Cc1ccc(C2(CN)CC2)c(Br)c1F. The van der Waals surface area contributed by atoms with E-state index in [0.29, 0.717) is 16.6 Å². The Hall–Kier alpha value is -0.410. The molecule has 0 atom stereocenters. The Morgan fingerprint density at radius 3 is 2.64 bits per heavy atom. The Kier molecular flexibility index (Phi) is 2.40. The minimum absolute atomic E-state index is 0.0490. The van der Waals surface area contributed by atoms with Crippen molar-refractivity contribution in [3.63, 3.8) is 0 Å². The van der Waals surface area contributed by atoms with Gasteiger partial charge in [-0.15, -0.1) is 0 Å². The molecule has 1 nitrogen and oxygen atoms in total. The van der Waals surface area contributed by atoms with E-state index in [1.54, 1.807) is 6.92 Å². The van der Waals surface area contributed by atoms with Gasteiger partial charge in [-0.3, -0.25) is 0 Å². The number of hydrogen-bond acceptors (Lipinski definition) is 1. The van der Waals surface area contributed by atoms with Crippen molar-refractivity contribution in [1.29, 1.82) is 0 Å². The van der Waals surface area contributed by atoms with Crippen molar-refractivity contribution < 1.29 is 4.39 Å². The molecule has 0 saturated heterocycles. The Balaban J connectivity index is 2.50. The molecule has 0 spiro atoms. The number of hydrogen-bond donors (Lipinski definition) is 1. The van der Waals surface area contributed by atoms with E-state index in [1.807, 2.05) is 12.1 Å². The molecular formula is C11H13BrFN. The smallest absolute Gasteiger partial charge is 0.140 e. The second kappa shape index (κ2) is 3.31. The largest absolute Gasteiger partial charge is 0.330 e. The Morgan fingerprint density at radius 1 is 1.50 bits per heavy atom. The minimum Gasteiger partial charge on any atom is -0.330 e. The summed E-state index contributed by atoms with van der Waals surface area (Å²) in [6.07, 6.45) is 2.15. The van der Waals surface area contributed by atoms with E-state index in [4.69, 9.17) is 5.73 Å². The van der Waals surface area contributed by atoms with Crippen LogP contribution < -0.4 is 5.73 Å². The first-order valence-electron chi connectivity index (χ1n) is 4.76. The molecular weight excluding hydrogens is 245 g/mol. The standard InChI is InChI=1S/C11H13BrFN/c1-7-2-3-8(9(12)10(7)13)11(6-14)4-5-11/h2-3H,4-6,14H2,1H3. The number of halogens is 2. The Bertz CT molecular complexity index is 372. The second-order valence-electron chi connectivity index (χ2n) is 4.04. The number of rotatable bonds is 2. The van der Waals surface area contributed by atoms with Crippen molar-refractivity contribution in [3.8, 4) is 0 Å². The van der Waals surface area contributed by atoms with Crippen molar-refractivity contribution in [2.24, 2.45) is 5.73 Å². The van der Waals surface area contributed by atoms with E-state index in [0.717, 1.165) is 18.4 Å². The fraction of sp³-hybridized carbons (Fsp3) is 0.455. The third kappa shape index (κ3) is 1.39. The van der Waals surface area contributed by atoms with Gasteiger partial charge in [0.15, 0.2) is 0 Å². The molecule has 1 saturated carbocycles. The minimum atomic E-state index is -0.151. The van der Waals surface area contributed by atoms with Crippen LogP contribution in [0.3, 0.4) is 0 Å². The molecule has 0 aromatic heterocycles. The monoisotopic (exact) mass is 257 g/mol. The zero-order valence-corrected chi connectivity index (χ0v) is 9.70. The molecule has 1 aromatic carbocycles. The lowest BCUT2D eigenvalue weighted by Crippen LogP contribution is -2.20. The topological polar surface area (TPSA) is 26.0 Å². The van der Waals surface area contributed by atoms with Crippen LogP contribution in [0.15, 0.2) is 16.6 Å². The molecule has 0 heterocycles. The van der Waals surface area contributed by atoms with Crippen LogP contribution in [0.5, 0.6) is 0 Å². The van der Waals surface area contributed by atoms with Gasteiger partial charge in [-0.25, -0.2) is 4.39 Å². The highest BCUT2D eigenvalue weighted by molar-refractivity contribution is 9.10. The maximum Gasteiger partial charge on any atom is 0.140 e. The highest BCUT2D eigenvalue weighted by Crippen LogP contribution is 2.50. The molecule has 0 unspecified atom stereocenters. The van der Waals surface area contributed by atoms with E-state index in [-0.39, 0.29) is 11.2 Å². The summed E-state index contributed by atoms with van der Waals surface area (Å²) >= 11 is 3.32. The molecule has 1 fully saturated rings. The van der Waals surface area contributed by atoms with Crippen LogP contribution in [0.2, 0.25) is 0 Å². The van der Waals surface area contributed by atoms with Crippen LogP contribution in [-0.4, -0.2) is 6.54 Å². The van der Waals surface area contributed by atoms with Gasteiger partial charge < -0.3 is 5.73 Å². The average Bonchev–Trinajstić information content (AvgIpc) is 2.95. The second-order valence-corrected chi connectivity index (χ2v) is 4.84. The summed E-state index contributed by atoms with van der Waals surface area (Å²) in [6, 6.07) is 3.81. The molecule has 76 valence electrons. The molecule has 1 aromatic rings. The van der Waals surface area contributed by atoms with E-state index in [9.17, 15) is 4.39 Å². The van der Waals surface area contributed by atoms with Gasteiger partial charge in [0, 0.05) is 12.0 Å². The fourth-order valence-corrected chi connectivity index (χ4v) is 2.66. The summed E-state index contributed by atoms with van der Waals surface area (Å²) in [5.74, 6) is -0.151. The summed E-state index contributed by atoms with van der Waals surface area (Å²) in [6.45, 7) is 2.37. The number of benzene rings is 1. The molecule has 0 radical (unpaired) electrons. The summed E-state index contributed by atoms with van der Waals surface area (Å²) in [5.41, 5.74) is 7.47. The molecule has 3 heteroatoms. The summed E-state index contributed by atoms with van der Waals surface area (Å²) in [4.78, 5) is 0. The molecule has 0 aliphatic heterocycles. The maximum absolute atomic E-state index is 13.6. The van der Waals surface area contributed by atoms with Gasteiger partial charge >= 0.3 is 0 Å². The first kappa shape index (κ1) is 10.1. The lowest BCUT2D eigenvalue weighted by atomic mass is 9.95. The Labute approximate surface area is 91.6 Å². The van der Waals surface area contributed by atoms with Crippen molar-refractivity contribution >= 4 is 15.9 Å². The van der Waals surface area contributed by atoms with Gasteiger partial charge in [-0.1, -0.05) is 12.1 Å². The van der Waals surface area contributed by atoms with Gasteiger partial charge in [-0.2, -0.15) is 0 Å². The van der Waals surface area contributed by atoms with Crippen LogP contribution in [0.1, 0.15) is 24.0 Å². The van der Waals surface area contributed by atoms with Gasteiger partial charge in [0.1, 0.15) is 5.82 Å². The van der Waals surface area contributed by atoms with Crippen LogP contribution in [0.25, 0.3) is 0 Å². The van der Waals surface area contributed by atoms with Crippen LogP contribution in [0.4, 0.5) is 4.39 Å². The zero-order chi connectivity index (χ0) is 10.3. The van der Waals surface area contributed by atoms with E-state index >= 15 is 0 Å². The fourth-order valence-electron chi connectivity index (χ4n) is 1.79. The molecule has 0 bridgehead atoms. The average molecular weight is 258 g/mol. The highest BCUT2D eigenvalue weighted by atomic mass is 79.9. The predicted octanol–water partition coefficient (Wildman–Crippen LogP) is 2.89. The van der Waals surface area contributed by atoms with E-state index in [1.165, 1.54) is 0 Å². The van der Waals surface area contributed by atoms with E-state index < -0.39 is 0 Å². The maximum atomic E-state index is 13.6. The lowest BCUT2D eigenvalue weighted by molar-refractivity contribution is 0.599. The lowest BCUT2D eigenvalue weighted by Gasteiger charge is -2.16. The van der Waals surface area contributed by atoms with Crippen molar-refractivity contribution in [2.45, 2.75) is 25.2 Å². The zero-order valence-electron chi connectivity index (χ0n) is 8.11. The molecule has 14 heavy (non-hydrogen) atoms. The third-order valence-corrected chi connectivity index (χ3v) is 3.87. The van der Waals surface area contributed by atoms with Crippen molar-refractivity contribution in [1.82, 2.24) is 0 Å². The third-order valence-electron chi connectivity index (χ3n) is 3.09. The molecule has 2 N–H and O–H groups in total. The van der Waals surface area contributed by atoms with E-state index in [2.05, 4.69) is 15.9 Å². The molecule has 1 aliphatic carbocycles. The highest BCUT2D eigenvalue weighted by Gasteiger charge is 2.44. The summed E-state index contributed by atoms with van der Waals surface area (Å²) in [7, 11) is 0. The summed E-state index contributed by atoms with van der Waals surface area (Å²) in [5, 5.41) is 0. The molecule has 2 rings (SSSR count). The molecule has 0 amide bonds. The predicted molar refractivity (Wildman–Crippen MR) is 58.8 cm³/mol. The van der Waals surface area contributed by atoms with Crippen molar-refractivity contribution in [2.75, 3.05) is 6.54 Å². The van der Waals surface area contributed by atoms with Crippen LogP contribution in [0, 0.1) is 12.7 Å². The van der Waals surface area contributed by atoms with Crippen LogP contribution in [-0.2, 0) is 5.41 Å². The first-order valence-corrected chi connectivity index (χ1v) is 5.55.